The van der Waals surface area contributed by atoms with Crippen molar-refractivity contribution in [1.82, 2.24) is 0 Å². The van der Waals surface area contributed by atoms with Crippen LogP contribution in [0.15, 0.2) is 18.2 Å². The van der Waals surface area contributed by atoms with E-state index in [-0.39, 0.29) is 5.78 Å². The molecule has 14 heavy (non-hydrogen) atoms. The van der Waals surface area contributed by atoms with Crippen molar-refractivity contribution in [2.24, 2.45) is 5.73 Å². The van der Waals surface area contributed by atoms with Crippen LogP contribution in [0.1, 0.15) is 22.8 Å². The number of aryl methyl sites for hydroxylation is 1. The Labute approximate surface area is 83.9 Å². The Hall–Kier alpha value is -1.35. The van der Waals surface area contributed by atoms with Gasteiger partial charge in [-0.15, -0.1) is 0 Å². The van der Waals surface area contributed by atoms with Gasteiger partial charge >= 0.3 is 0 Å². The molecular weight excluding hydrogens is 178 g/mol. The highest BCUT2D eigenvalue weighted by molar-refractivity contribution is 5.96. The lowest BCUT2D eigenvalue weighted by molar-refractivity contribution is 0.101. The Morgan fingerprint density at radius 3 is 2.79 bits per heavy atom. The van der Waals surface area contributed by atoms with Gasteiger partial charge in [0, 0.05) is 6.54 Å². The lowest BCUT2D eigenvalue weighted by Crippen LogP contribution is -2.12. The van der Waals surface area contributed by atoms with Crippen LogP contribution in [0.25, 0.3) is 0 Å². The van der Waals surface area contributed by atoms with Crippen molar-refractivity contribution in [1.29, 1.82) is 0 Å². The number of ether oxygens (including phenoxy) is 1. The van der Waals surface area contributed by atoms with E-state index >= 15 is 0 Å². The topological polar surface area (TPSA) is 52.3 Å². The highest BCUT2D eigenvalue weighted by atomic mass is 16.5. The molecule has 0 aliphatic heterocycles. The molecule has 0 spiro atoms. The Morgan fingerprint density at radius 2 is 2.21 bits per heavy atom. The predicted molar refractivity (Wildman–Crippen MR) is 55.7 cm³/mol. The summed E-state index contributed by atoms with van der Waals surface area (Å²) in [5.74, 6) is 0.639. The Balaban J connectivity index is 2.97. The van der Waals surface area contributed by atoms with Gasteiger partial charge in [-0.05, 0) is 31.5 Å². The first-order chi connectivity index (χ1) is 6.65. The summed E-state index contributed by atoms with van der Waals surface area (Å²) >= 11 is 0. The molecule has 0 unspecified atom stereocenters. The minimum Gasteiger partial charge on any atom is -0.492 e. The Morgan fingerprint density at radius 1 is 1.50 bits per heavy atom. The number of benzene rings is 1. The molecule has 76 valence electrons. The van der Waals surface area contributed by atoms with Gasteiger partial charge in [-0.25, -0.2) is 0 Å². The lowest BCUT2D eigenvalue weighted by Gasteiger charge is -2.09. The molecule has 1 rings (SSSR count). The van der Waals surface area contributed by atoms with E-state index in [1.165, 1.54) is 6.92 Å². The molecule has 3 heteroatoms. The maximum atomic E-state index is 11.2. The molecule has 0 aromatic heterocycles. The van der Waals surface area contributed by atoms with Crippen molar-refractivity contribution in [2.45, 2.75) is 13.8 Å². The largest absolute Gasteiger partial charge is 0.492 e. The van der Waals surface area contributed by atoms with Gasteiger partial charge in [0.2, 0.25) is 0 Å². The Bertz CT molecular complexity index is 334. The molecule has 0 aliphatic rings. The summed E-state index contributed by atoms with van der Waals surface area (Å²) < 4.78 is 5.38. The first kappa shape index (κ1) is 10.7. The van der Waals surface area contributed by atoms with Gasteiger partial charge in [-0.2, -0.15) is 0 Å². The monoisotopic (exact) mass is 193 g/mol. The molecule has 0 fully saturated rings. The second kappa shape index (κ2) is 4.77. The van der Waals surface area contributed by atoms with Crippen LogP contribution >= 0.6 is 0 Å². The second-order valence-electron chi connectivity index (χ2n) is 3.19. The number of Topliss-reactive ketones (excluding diaryl/α,β-unsaturated/α-hetero) is 1. The number of rotatable bonds is 4. The highest BCUT2D eigenvalue weighted by Crippen LogP contribution is 2.20. The first-order valence-corrected chi connectivity index (χ1v) is 4.59. The van der Waals surface area contributed by atoms with E-state index in [9.17, 15) is 4.79 Å². The quantitative estimate of drug-likeness (QED) is 0.738. The number of nitrogens with two attached hydrogens (primary N) is 1. The normalized spacial score (nSPS) is 9.93. The molecule has 0 heterocycles. The van der Waals surface area contributed by atoms with Crippen LogP contribution in [0.4, 0.5) is 0 Å². The molecular formula is C11H15NO2. The molecule has 0 amide bonds. The van der Waals surface area contributed by atoms with E-state index in [4.69, 9.17) is 10.5 Å². The van der Waals surface area contributed by atoms with Crippen molar-refractivity contribution < 1.29 is 9.53 Å². The summed E-state index contributed by atoms with van der Waals surface area (Å²) in [5.41, 5.74) is 7.02. The molecule has 0 atom stereocenters. The Kier molecular flexibility index (Phi) is 3.65. The molecule has 0 bridgehead atoms. The fraction of sp³-hybridized carbons (Fsp3) is 0.364. The van der Waals surface area contributed by atoms with Gasteiger partial charge in [-0.3, -0.25) is 4.79 Å². The van der Waals surface area contributed by atoms with E-state index in [0.29, 0.717) is 24.5 Å². The van der Waals surface area contributed by atoms with Gasteiger partial charge < -0.3 is 10.5 Å². The van der Waals surface area contributed by atoms with Gasteiger partial charge in [0.1, 0.15) is 12.4 Å². The van der Waals surface area contributed by atoms with Gasteiger partial charge in [-0.1, -0.05) is 6.07 Å². The molecule has 0 radical (unpaired) electrons. The third kappa shape index (κ3) is 2.57. The van der Waals surface area contributed by atoms with E-state index < -0.39 is 0 Å². The summed E-state index contributed by atoms with van der Waals surface area (Å²) in [5, 5.41) is 0. The fourth-order valence-corrected chi connectivity index (χ4v) is 1.21. The minimum atomic E-state index is 0.0111. The van der Waals surface area contributed by atoms with Crippen LogP contribution in [-0.4, -0.2) is 18.9 Å². The smallest absolute Gasteiger partial charge is 0.163 e. The van der Waals surface area contributed by atoms with Crippen molar-refractivity contribution in [3.8, 4) is 5.75 Å². The maximum Gasteiger partial charge on any atom is 0.163 e. The van der Waals surface area contributed by atoms with Crippen molar-refractivity contribution in [3.05, 3.63) is 29.3 Å². The molecule has 2 N–H and O–H groups in total. The first-order valence-electron chi connectivity index (χ1n) is 4.59. The van der Waals surface area contributed by atoms with E-state index in [1.807, 2.05) is 19.1 Å². The van der Waals surface area contributed by atoms with Gasteiger partial charge in [0.15, 0.2) is 5.78 Å². The lowest BCUT2D eigenvalue weighted by atomic mass is 10.1. The van der Waals surface area contributed by atoms with Crippen LogP contribution in [0.2, 0.25) is 0 Å². The van der Waals surface area contributed by atoms with E-state index in [0.717, 1.165) is 5.56 Å². The minimum absolute atomic E-state index is 0.0111. The average molecular weight is 193 g/mol. The fourth-order valence-electron chi connectivity index (χ4n) is 1.21. The van der Waals surface area contributed by atoms with Crippen LogP contribution in [-0.2, 0) is 0 Å². The molecule has 0 saturated carbocycles. The number of hydrogen-bond acceptors (Lipinski definition) is 3. The molecule has 3 nitrogen and oxygen atoms in total. The average Bonchev–Trinajstić information content (AvgIpc) is 2.14. The van der Waals surface area contributed by atoms with E-state index in [2.05, 4.69) is 0 Å². The summed E-state index contributed by atoms with van der Waals surface area (Å²) in [6.07, 6.45) is 0. The van der Waals surface area contributed by atoms with Crippen molar-refractivity contribution in [2.75, 3.05) is 13.2 Å². The van der Waals surface area contributed by atoms with Crippen LogP contribution < -0.4 is 10.5 Å². The third-order valence-electron chi connectivity index (χ3n) is 1.89. The SMILES string of the molecule is CC(=O)c1ccc(C)cc1OCCN. The summed E-state index contributed by atoms with van der Waals surface area (Å²) in [6, 6.07) is 5.53. The zero-order valence-electron chi connectivity index (χ0n) is 8.54. The molecule has 0 saturated heterocycles. The van der Waals surface area contributed by atoms with Crippen molar-refractivity contribution >= 4 is 5.78 Å². The second-order valence-corrected chi connectivity index (χ2v) is 3.19. The summed E-state index contributed by atoms with van der Waals surface area (Å²) in [6.45, 7) is 4.37. The van der Waals surface area contributed by atoms with Crippen LogP contribution in [0.3, 0.4) is 0 Å². The molecule has 1 aromatic rings. The highest BCUT2D eigenvalue weighted by Gasteiger charge is 2.07. The summed E-state index contributed by atoms with van der Waals surface area (Å²) in [7, 11) is 0. The van der Waals surface area contributed by atoms with Gasteiger partial charge in [0.05, 0.1) is 5.56 Å². The standard InChI is InChI=1S/C11H15NO2/c1-8-3-4-10(9(2)13)11(7-8)14-6-5-12/h3-4,7H,5-6,12H2,1-2H3. The van der Waals surface area contributed by atoms with Crippen LogP contribution in [0, 0.1) is 6.92 Å². The number of carbonyl (C=O) groups is 1. The van der Waals surface area contributed by atoms with Gasteiger partial charge in [0.25, 0.3) is 0 Å². The number of ketones is 1. The van der Waals surface area contributed by atoms with Crippen LogP contribution in [0.5, 0.6) is 5.75 Å². The number of carbonyl (C=O) groups excluding carboxylic acids is 1. The molecule has 1 aromatic carbocycles. The third-order valence-corrected chi connectivity index (χ3v) is 1.89. The predicted octanol–water partition coefficient (Wildman–Crippen LogP) is 1.54. The zero-order valence-corrected chi connectivity index (χ0v) is 8.54. The molecule has 0 aliphatic carbocycles. The van der Waals surface area contributed by atoms with E-state index in [1.54, 1.807) is 6.07 Å². The zero-order chi connectivity index (χ0) is 10.6. The maximum absolute atomic E-state index is 11.2. The number of hydrogen-bond donors (Lipinski definition) is 1. The van der Waals surface area contributed by atoms with Crippen molar-refractivity contribution in [3.63, 3.8) is 0 Å². The summed E-state index contributed by atoms with van der Waals surface area (Å²) in [4.78, 5) is 11.2.